The molecule has 1 fully saturated rings. The Morgan fingerprint density at radius 3 is 2.23 bits per heavy atom. The molecule has 13 heteroatoms. The van der Waals surface area contributed by atoms with Gasteiger partial charge in [-0.15, -0.1) is 5.10 Å². The molecule has 30 heavy (non-hydrogen) atoms. The minimum absolute atomic E-state index is 0.00435. The lowest BCUT2D eigenvalue weighted by Gasteiger charge is -2.14. The molecule has 0 bridgehead atoms. The van der Waals surface area contributed by atoms with Gasteiger partial charge in [0.15, 0.2) is 5.82 Å². The second-order valence-corrected chi connectivity index (χ2v) is 6.28. The van der Waals surface area contributed by atoms with Gasteiger partial charge in [0.1, 0.15) is 6.33 Å². The van der Waals surface area contributed by atoms with E-state index in [1.807, 2.05) is 0 Å². The number of alkyl halides is 6. The van der Waals surface area contributed by atoms with Gasteiger partial charge in [-0.3, -0.25) is 20.0 Å². The summed E-state index contributed by atoms with van der Waals surface area (Å²) in [4.78, 5) is 26.9. The maximum Gasteiger partial charge on any atom is 0.416 e. The molecular formula is C17H13F6N5O2. The van der Waals surface area contributed by atoms with Crippen molar-refractivity contribution < 1.29 is 35.9 Å². The number of hydrogen-bond acceptors (Lipinski definition) is 4. The van der Waals surface area contributed by atoms with Gasteiger partial charge in [0.25, 0.3) is 5.91 Å². The number of nitrogens with zero attached hydrogens (tertiary/aromatic N) is 4. The van der Waals surface area contributed by atoms with E-state index in [0.29, 0.717) is 31.5 Å². The number of hydrogen-bond donors (Lipinski definition) is 1. The first-order chi connectivity index (χ1) is 13.9. The fourth-order valence-corrected chi connectivity index (χ4v) is 2.64. The Bertz CT molecular complexity index is 963. The van der Waals surface area contributed by atoms with E-state index in [4.69, 9.17) is 0 Å². The molecule has 7 nitrogen and oxygen atoms in total. The van der Waals surface area contributed by atoms with Gasteiger partial charge in [0, 0.05) is 30.8 Å². The lowest BCUT2D eigenvalue weighted by Crippen LogP contribution is -2.42. The van der Waals surface area contributed by atoms with Crippen LogP contribution in [-0.4, -0.2) is 38.1 Å². The van der Waals surface area contributed by atoms with Gasteiger partial charge in [-0.05, 0) is 24.6 Å². The van der Waals surface area contributed by atoms with E-state index in [9.17, 15) is 35.9 Å². The van der Waals surface area contributed by atoms with Crippen molar-refractivity contribution in [2.45, 2.75) is 25.2 Å². The zero-order valence-electron chi connectivity index (χ0n) is 15.0. The molecule has 1 saturated heterocycles. The summed E-state index contributed by atoms with van der Waals surface area (Å²) in [5.41, 5.74) is -1.14. The Kier molecular flexibility index (Phi) is 5.55. The van der Waals surface area contributed by atoms with Gasteiger partial charge >= 0.3 is 12.4 Å². The molecule has 0 saturated carbocycles. The van der Waals surface area contributed by atoms with Crippen LogP contribution in [0.5, 0.6) is 0 Å². The average molecular weight is 433 g/mol. The van der Waals surface area contributed by atoms with Crippen LogP contribution in [0.2, 0.25) is 0 Å². The van der Waals surface area contributed by atoms with Gasteiger partial charge in [0.05, 0.1) is 11.1 Å². The van der Waals surface area contributed by atoms with Crippen LogP contribution < -0.4 is 5.43 Å². The Morgan fingerprint density at radius 1 is 1.07 bits per heavy atom. The maximum atomic E-state index is 13.0. The van der Waals surface area contributed by atoms with Crippen molar-refractivity contribution >= 4 is 18.0 Å². The van der Waals surface area contributed by atoms with Crippen molar-refractivity contribution in [3.63, 3.8) is 0 Å². The molecule has 1 aromatic heterocycles. The highest BCUT2D eigenvalue weighted by Crippen LogP contribution is 2.38. The first-order valence-electron chi connectivity index (χ1n) is 8.44. The Balaban J connectivity index is 1.81. The normalized spacial score (nSPS) is 15.3. The van der Waals surface area contributed by atoms with E-state index in [-0.39, 0.29) is 12.0 Å². The minimum Gasteiger partial charge on any atom is -0.273 e. The summed E-state index contributed by atoms with van der Waals surface area (Å²) in [5.74, 6) is -1.31. The average Bonchev–Trinajstić information content (AvgIpc) is 3.28. The molecule has 0 aliphatic carbocycles. The third kappa shape index (κ3) is 4.96. The molecule has 0 unspecified atom stereocenters. The fourth-order valence-electron chi connectivity index (χ4n) is 2.64. The van der Waals surface area contributed by atoms with Crippen molar-refractivity contribution in [3.8, 4) is 11.4 Å². The van der Waals surface area contributed by atoms with Gasteiger partial charge in [0.2, 0.25) is 5.91 Å². The van der Waals surface area contributed by atoms with Crippen molar-refractivity contribution in [1.29, 1.82) is 0 Å². The summed E-state index contributed by atoms with van der Waals surface area (Å²) in [6.45, 7) is 0.364. The molecule has 2 aromatic rings. The Labute approximate surface area is 165 Å². The predicted octanol–water partition coefficient (Wildman–Crippen LogP) is 3.11. The Morgan fingerprint density at radius 2 is 1.70 bits per heavy atom. The van der Waals surface area contributed by atoms with Crippen molar-refractivity contribution in [2.75, 3.05) is 6.54 Å². The third-order valence-corrected chi connectivity index (χ3v) is 4.05. The number of amides is 2. The van der Waals surface area contributed by atoms with Crippen LogP contribution >= 0.6 is 0 Å². The summed E-state index contributed by atoms with van der Waals surface area (Å²) >= 11 is 0. The predicted molar refractivity (Wildman–Crippen MR) is 89.9 cm³/mol. The maximum absolute atomic E-state index is 13.0. The van der Waals surface area contributed by atoms with Crippen LogP contribution in [-0.2, 0) is 21.9 Å². The molecule has 2 amide bonds. The molecule has 1 aromatic carbocycles. The summed E-state index contributed by atoms with van der Waals surface area (Å²) in [6.07, 6.45) is -6.00. The smallest absolute Gasteiger partial charge is 0.273 e. The van der Waals surface area contributed by atoms with E-state index < -0.39 is 40.8 Å². The van der Waals surface area contributed by atoms with Crippen LogP contribution in [0.15, 0.2) is 30.6 Å². The number of carbonyl (C=O) groups excluding carboxylic acids is 2. The SMILES string of the molecule is O=C(/C=C\n1cnc(-c2cc(C(F)(F)F)cc(C(F)(F)F)c2)n1)NN1CCCC1=O. The highest BCUT2D eigenvalue weighted by Gasteiger charge is 2.37. The minimum atomic E-state index is -5.00. The molecule has 1 aliphatic rings. The standard InChI is InChI=1S/C17H13F6N5O2/c18-16(19,20)11-6-10(7-12(8-11)17(21,22)23)15-24-9-27(26-15)5-3-13(29)25-28-4-1-2-14(28)30/h3,5-9H,1-2,4H2,(H,25,29)/b5-3-. The molecular weight excluding hydrogens is 420 g/mol. The first kappa shape index (κ1) is 21.3. The second-order valence-electron chi connectivity index (χ2n) is 6.28. The lowest BCUT2D eigenvalue weighted by atomic mass is 10.0. The molecule has 0 atom stereocenters. The zero-order valence-corrected chi connectivity index (χ0v) is 15.0. The molecule has 3 rings (SSSR count). The van der Waals surface area contributed by atoms with Crippen LogP contribution in [0.4, 0.5) is 26.3 Å². The number of carbonyl (C=O) groups is 2. The monoisotopic (exact) mass is 433 g/mol. The van der Waals surface area contributed by atoms with Crippen LogP contribution in [0.3, 0.4) is 0 Å². The fraction of sp³-hybridized carbons (Fsp3) is 0.294. The Hall–Kier alpha value is -3.38. The molecule has 0 spiro atoms. The molecule has 160 valence electrons. The molecule has 1 N–H and O–H groups in total. The number of nitrogens with one attached hydrogen (secondary N) is 1. The quantitative estimate of drug-likeness (QED) is 0.594. The van der Waals surface area contributed by atoms with Gasteiger partial charge in [-0.1, -0.05) is 0 Å². The highest BCUT2D eigenvalue weighted by atomic mass is 19.4. The summed E-state index contributed by atoms with van der Waals surface area (Å²) in [7, 11) is 0. The van der Waals surface area contributed by atoms with E-state index in [0.717, 1.165) is 28.3 Å². The van der Waals surface area contributed by atoms with Gasteiger partial charge in [-0.2, -0.15) is 26.3 Å². The summed E-state index contributed by atoms with van der Waals surface area (Å²) < 4.78 is 78.7. The second kappa shape index (κ2) is 7.80. The van der Waals surface area contributed by atoms with Gasteiger partial charge < -0.3 is 0 Å². The van der Waals surface area contributed by atoms with Crippen LogP contribution in [0, 0.1) is 0 Å². The number of aromatic nitrogens is 3. The van der Waals surface area contributed by atoms with E-state index >= 15 is 0 Å². The van der Waals surface area contributed by atoms with Crippen LogP contribution in [0.1, 0.15) is 24.0 Å². The molecule has 1 aliphatic heterocycles. The highest BCUT2D eigenvalue weighted by molar-refractivity contribution is 5.92. The van der Waals surface area contributed by atoms with E-state index in [1.165, 1.54) is 0 Å². The topological polar surface area (TPSA) is 80.1 Å². The number of halogens is 6. The van der Waals surface area contributed by atoms with Crippen molar-refractivity contribution in [1.82, 2.24) is 25.2 Å². The third-order valence-electron chi connectivity index (χ3n) is 4.05. The zero-order chi connectivity index (χ0) is 22.1. The van der Waals surface area contributed by atoms with E-state index in [2.05, 4.69) is 15.5 Å². The largest absolute Gasteiger partial charge is 0.416 e. The summed E-state index contributed by atoms with van der Waals surface area (Å²) in [6, 6.07) is 1.01. The first-order valence-corrected chi connectivity index (χ1v) is 8.44. The number of rotatable bonds is 4. The number of benzene rings is 1. The molecule has 0 radical (unpaired) electrons. The van der Waals surface area contributed by atoms with Gasteiger partial charge in [-0.25, -0.2) is 9.67 Å². The molecule has 2 heterocycles. The number of hydrazine groups is 1. The van der Waals surface area contributed by atoms with E-state index in [1.54, 1.807) is 0 Å². The summed E-state index contributed by atoms with van der Waals surface area (Å²) in [5, 5.41) is 4.91. The lowest BCUT2D eigenvalue weighted by molar-refractivity contribution is -0.143. The van der Waals surface area contributed by atoms with Crippen molar-refractivity contribution in [2.24, 2.45) is 0 Å². The van der Waals surface area contributed by atoms with Crippen molar-refractivity contribution in [3.05, 3.63) is 41.7 Å². The van der Waals surface area contributed by atoms with Crippen LogP contribution in [0.25, 0.3) is 17.6 Å².